The van der Waals surface area contributed by atoms with Crippen LogP contribution in [0.2, 0.25) is 0 Å². The van der Waals surface area contributed by atoms with Gasteiger partial charge in [-0.2, -0.15) is 0 Å². The molecule has 1 rings (SSSR count). The van der Waals surface area contributed by atoms with E-state index in [9.17, 15) is 17.6 Å². The van der Waals surface area contributed by atoms with Crippen LogP contribution < -0.4 is 9.47 Å². The molecule has 0 saturated heterocycles. The Hall–Kier alpha value is -1.73. The lowest BCUT2D eigenvalue weighted by molar-refractivity contribution is -0.275. The zero-order valence-corrected chi connectivity index (χ0v) is 8.01. The molecular formula is C8H7F4NO3. The van der Waals surface area contributed by atoms with Crippen molar-refractivity contribution in [3.8, 4) is 17.2 Å². The van der Waals surface area contributed by atoms with Crippen LogP contribution in [0.5, 0.6) is 17.2 Å². The minimum atomic E-state index is -5.01. The average Bonchev–Trinajstić information content (AvgIpc) is 2.19. The summed E-state index contributed by atoms with van der Waals surface area (Å²) in [6, 6.07) is 0. The van der Waals surface area contributed by atoms with Crippen molar-refractivity contribution < 1.29 is 32.1 Å². The zero-order valence-electron chi connectivity index (χ0n) is 8.01. The minimum Gasteiger partial charge on any atom is -0.503 e. The number of alkyl halides is 4. The van der Waals surface area contributed by atoms with Crippen molar-refractivity contribution in [2.75, 3.05) is 7.11 Å². The Morgan fingerprint density at radius 2 is 2.00 bits per heavy atom. The molecule has 0 aromatic carbocycles. The summed E-state index contributed by atoms with van der Waals surface area (Å²) in [5.41, 5.74) is -0.389. The van der Waals surface area contributed by atoms with Crippen molar-refractivity contribution in [1.29, 1.82) is 0 Å². The zero-order chi connectivity index (χ0) is 12.3. The Balaban J connectivity index is 3.23. The smallest absolute Gasteiger partial charge is 0.503 e. The standard InChI is InChI=1S/C8H7F4NO3/c1-15-6-4(2-9)13-3-5(14)7(6)16-8(10,11)12/h3,14H,2H2,1H3. The SMILES string of the molecule is COc1c(CF)ncc(O)c1OC(F)(F)F. The van der Waals surface area contributed by atoms with E-state index in [1.54, 1.807) is 0 Å². The summed E-state index contributed by atoms with van der Waals surface area (Å²) in [5.74, 6) is -2.47. The number of aromatic nitrogens is 1. The van der Waals surface area contributed by atoms with Gasteiger partial charge in [0.25, 0.3) is 0 Å². The first-order chi connectivity index (χ1) is 7.39. The van der Waals surface area contributed by atoms with Gasteiger partial charge in [-0.15, -0.1) is 13.2 Å². The maximum absolute atomic E-state index is 12.4. The van der Waals surface area contributed by atoms with Crippen molar-refractivity contribution in [2.24, 2.45) is 0 Å². The number of aromatic hydroxyl groups is 1. The van der Waals surface area contributed by atoms with Gasteiger partial charge in [0, 0.05) is 0 Å². The molecule has 1 heterocycles. The predicted molar refractivity (Wildman–Crippen MR) is 43.9 cm³/mol. The third-order valence-electron chi connectivity index (χ3n) is 1.59. The van der Waals surface area contributed by atoms with Gasteiger partial charge < -0.3 is 14.6 Å². The van der Waals surface area contributed by atoms with Crippen LogP contribution in [0.25, 0.3) is 0 Å². The Kier molecular flexibility index (Phi) is 3.41. The van der Waals surface area contributed by atoms with Crippen molar-refractivity contribution in [1.82, 2.24) is 4.98 Å². The lowest BCUT2D eigenvalue weighted by Crippen LogP contribution is -2.18. The normalized spacial score (nSPS) is 11.3. The van der Waals surface area contributed by atoms with Crippen LogP contribution in [0.3, 0.4) is 0 Å². The van der Waals surface area contributed by atoms with Gasteiger partial charge in [0.2, 0.25) is 5.75 Å². The Morgan fingerprint density at radius 3 is 2.44 bits per heavy atom. The second-order valence-electron chi connectivity index (χ2n) is 2.63. The molecule has 0 saturated carbocycles. The van der Waals surface area contributed by atoms with Gasteiger partial charge in [-0.1, -0.05) is 0 Å². The van der Waals surface area contributed by atoms with E-state index < -0.39 is 30.3 Å². The fourth-order valence-electron chi connectivity index (χ4n) is 1.02. The number of hydrogen-bond acceptors (Lipinski definition) is 4. The molecule has 1 N–H and O–H groups in total. The van der Waals surface area contributed by atoms with E-state index in [1.807, 2.05) is 0 Å². The van der Waals surface area contributed by atoms with Crippen LogP contribution in [0.4, 0.5) is 17.6 Å². The molecule has 0 amide bonds. The predicted octanol–water partition coefficient (Wildman–Crippen LogP) is 2.16. The van der Waals surface area contributed by atoms with Crippen LogP contribution in [0, 0.1) is 0 Å². The molecule has 16 heavy (non-hydrogen) atoms. The molecule has 8 heteroatoms. The van der Waals surface area contributed by atoms with Gasteiger partial charge in [0.05, 0.1) is 13.3 Å². The Labute approximate surface area is 87.4 Å². The molecule has 1 aromatic rings. The van der Waals surface area contributed by atoms with Crippen molar-refractivity contribution in [2.45, 2.75) is 13.0 Å². The maximum atomic E-state index is 12.4. The van der Waals surface area contributed by atoms with Gasteiger partial charge >= 0.3 is 6.36 Å². The summed E-state index contributed by atoms with van der Waals surface area (Å²) in [5, 5.41) is 9.12. The number of halogens is 4. The highest BCUT2D eigenvalue weighted by Crippen LogP contribution is 2.41. The lowest BCUT2D eigenvalue weighted by atomic mass is 10.3. The molecule has 0 aliphatic heterocycles. The Bertz CT molecular complexity index is 380. The summed E-state index contributed by atoms with van der Waals surface area (Å²) in [7, 11) is 1.01. The molecule has 0 unspecified atom stereocenters. The van der Waals surface area contributed by atoms with Crippen LogP contribution in [-0.4, -0.2) is 23.6 Å². The molecule has 0 fully saturated rings. The first-order valence-corrected chi connectivity index (χ1v) is 3.95. The van der Waals surface area contributed by atoms with Gasteiger partial charge in [0.15, 0.2) is 11.5 Å². The highest BCUT2D eigenvalue weighted by Gasteiger charge is 2.35. The Morgan fingerprint density at radius 1 is 1.38 bits per heavy atom. The molecule has 0 aliphatic rings. The monoisotopic (exact) mass is 241 g/mol. The van der Waals surface area contributed by atoms with E-state index in [0.29, 0.717) is 6.20 Å². The highest BCUT2D eigenvalue weighted by atomic mass is 19.4. The first-order valence-electron chi connectivity index (χ1n) is 3.95. The summed E-state index contributed by atoms with van der Waals surface area (Å²) < 4.78 is 56.3. The average molecular weight is 241 g/mol. The molecule has 0 aliphatic carbocycles. The van der Waals surface area contributed by atoms with Crippen LogP contribution in [0.15, 0.2) is 6.20 Å². The van der Waals surface area contributed by atoms with E-state index in [0.717, 1.165) is 7.11 Å². The maximum Gasteiger partial charge on any atom is 0.573 e. The van der Waals surface area contributed by atoms with E-state index >= 15 is 0 Å². The summed E-state index contributed by atoms with van der Waals surface area (Å²) >= 11 is 0. The number of methoxy groups -OCH3 is 1. The number of nitrogens with zero attached hydrogens (tertiary/aromatic N) is 1. The molecule has 0 atom stereocenters. The van der Waals surface area contributed by atoms with Gasteiger partial charge in [0.1, 0.15) is 12.4 Å². The molecule has 4 nitrogen and oxygen atoms in total. The fourth-order valence-corrected chi connectivity index (χ4v) is 1.02. The van der Waals surface area contributed by atoms with E-state index in [-0.39, 0.29) is 5.69 Å². The van der Waals surface area contributed by atoms with Gasteiger partial charge in [-0.25, -0.2) is 4.39 Å². The second-order valence-corrected chi connectivity index (χ2v) is 2.63. The minimum absolute atomic E-state index is 0.389. The van der Waals surface area contributed by atoms with Gasteiger partial charge in [-0.05, 0) is 0 Å². The van der Waals surface area contributed by atoms with Crippen molar-refractivity contribution in [3.05, 3.63) is 11.9 Å². The third-order valence-corrected chi connectivity index (χ3v) is 1.59. The largest absolute Gasteiger partial charge is 0.573 e. The molecular weight excluding hydrogens is 234 g/mol. The van der Waals surface area contributed by atoms with E-state index in [2.05, 4.69) is 14.5 Å². The number of rotatable bonds is 3. The topological polar surface area (TPSA) is 51.6 Å². The second kappa shape index (κ2) is 4.42. The number of ether oxygens (including phenoxy) is 2. The summed E-state index contributed by atoms with van der Waals surface area (Å²) in [6.45, 7) is -1.14. The molecule has 90 valence electrons. The third kappa shape index (κ3) is 2.65. The quantitative estimate of drug-likeness (QED) is 0.824. The number of pyridine rings is 1. The molecule has 0 spiro atoms. The molecule has 0 radical (unpaired) electrons. The molecule has 0 bridgehead atoms. The first kappa shape index (κ1) is 12.3. The number of hydrogen-bond donors (Lipinski definition) is 1. The van der Waals surface area contributed by atoms with Crippen LogP contribution in [0.1, 0.15) is 5.69 Å². The fraction of sp³-hybridized carbons (Fsp3) is 0.375. The van der Waals surface area contributed by atoms with Crippen molar-refractivity contribution >= 4 is 0 Å². The van der Waals surface area contributed by atoms with Crippen LogP contribution >= 0.6 is 0 Å². The lowest BCUT2D eigenvalue weighted by Gasteiger charge is -2.14. The van der Waals surface area contributed by atoms with E-state index in [4.69, 9.17) is 5.11 Å². The molecule has 1 aromatic heterocycles. The van der Waals surface area contributed by atoms with Crippen molar-refractivity contribution in [3.63, 3.8) is 0 Å². The van der Waals surface area contributed by atoms with E-state index in [1.165, 1.54) is 0 Å². The highest BCUT2D eigenvalue weighted by molar-refractivity contribution is 5.51. The summed E-state index contributed by atoms with van der Waals surface area (Å²) in [6.07, 6.45) is -4.36. The summed E-state index contributed by atoms with van der Waals surface area (Å²) in [4.78, 5) is 3.36. The van der Waals surface area contributed by atoms with Gasteiger partial charge in [-0.3, -0.25) is 4.98 Å². The van der Waals surface area contributed by atoms with Crippen LogP contribution in [-0.2, 0) is 6.67 Å².